The van der Waals surface area contributed by atoms with Gasteiger partial charge in [0.15, 0.2) is 0 Å². The summed E-state index contributed by atoms with van der Waals surface area (Å²) in [5.74, 6) is -1.34. The van der Waals surface area contributed by atoms with Gasteiger partial charge in [-0.25, -0.2) is 4.79 Å². The lowest BCUT2D eigenvalue weighted by atomic mass is 9.98. The van der Waals surface area contributed by atoms with E-state index in [9.17, 15) is 24.8 Å². The summed E-state index contributed by atoms with van der Waals surface area (Å²) in [6.45, 7) is 9.43. The van der Waals surface area contributed by atoms with Crippen molar-refractivity contribution in [3.8, 4) is 6.07 Å². The van der Waals surface area contributed by atoms with Crippen LogP contribution in [0.4, 0.5) is 10.5 Å². The average Bonchev–Trinajstić information content (AvgIpc) is 2.79. The van der Waals surface area contributed by atoms with Gasteiger partial charge >= 0.3 is 6.09 Å². The van der Waals surface area contributed by atoms with Gasteiger partial charge in [-0.3, -0.25) is 9.59 Å². The van der Waals surface area contributed by atoms with Gasteiger partial charge in [-0.15, -0.1) is 0 Å². The lowest BCUT2D eigenvalue weighted by Crippen LogP contribution is -2.54. The van der Waals surface area contributed by atoms with Gasteiger partial charge in [0.25, 0.3) is 5.91 Å². The van der Waals surface area contributed by atoms with E-state index in [0.29, 0.717) is 11.3 Å². The highest BCUT2D eigenvalue weighted by molar-refractivity contribution is 5.99. The zero-order valence-electron chi connectivity index (χ0n) is 21.6. The van der Waals surface area contributed by atoms with Crippen molar-refractivity contribution in [3.05, 3.63) is 64.7 Å². The molecule has 0 radical (unpaired) electrons. The van der Waals surface area contributed by atoms with Crippen LogP contribution in [-0.2, 0) is 14.3 Å². The molecular weight excluding hydrogens is 460 g/mol. The number of nitrogens with one attached hydrogen (secondary N) is 2. The maximum absolute atomic E-state index is 13.6. The molecule has 9 heteroatoms. The fourth-order valence-electron chi connectivity index (χ4n) is 3.53. The Hall–Kier alpha value is -3.90. The minimum Gasteiger partial charge on any atom is -0.444 e. The Balaban J connectivity index is 2.49. The van der Waals surface area contributed by atoms with Gasteiger partial charge in [0.2, 0.25) is 5.91 Å². The van der Waals surface area contributed by atoms with Crippen LogP contribution in [0.5, 0.6) is 0 Å². The second kappa shape index (κ2) is 12.2. The number of amides is 3. The molecule has 0 aliphatic rings. The molecular formula is C27H34N4O5. The van der Waals surface area contributed by atoms with Crippen molar-refractivity contribution in [3.63, 3.8) is 0 Å². The number of aryl methyl sites for hydroxylation is 3. The van der Waals surface area contributed by atoms with Crippen LogP contribution < -0.4 is 10.6 Å². The summed E-state index contributed by atoms with van der Waals surface area (Å²) >= 11 is 0. The van der Waals surface area contributed by atoms with E-state index in [0.717, 1.165) is 21.6 Å². The van der Waals surface area contributed by atoms with E-state index in [-0.39, 0.29) is 0 Å². The van der Waals surface area contributed by atoms with E-state index in [1.807, 2.05) is 45.0 Å². The van der Waals surface area contributed by atoms with Gasteiger partial charge < -0.3 is 25.4 Å². The number of nitriles is 1. The van der Waals surface area contributed by atoms with Crippen molar-refractivity contribution in [1.82, 2.24) is 10.2 Å². The predicted octanol–water partition coefficient (Wildman–Crippen LogP) is 3.53. The molecule has 0 saturated carbocycles. The van der Waals surface area contributed by atoms with Crippen LogP contribution in [-0.4, -0.2) is 52.7 Å². The molecule has 0 fully saturated rings. The minimum atomic E-state index is -1.42. The third kappa shape index (κ3) is 7.55. The highest BCUT2D eigenvalue weighted by Crippen LogP contribution is 2.27. The summed E-state index contributed by atoms with van der Waals surface area (Å²) in [5.41, 5.74) is 2.94. The number of para-hydroxylation sites is 1. The van der Waals surface area contributed by atoms with Crippen LogP contribution in [0.2, 0.25) is 0 Å². The highest BCUT2D eigenvalue weighted by atomic mass is 16.6. The first-order chi connectivity index (χ1) is 16.9. The van der Waals surface area contributed by atoms with Crippen molar-refractivity contribution in [2.24, 2.45) is 0 Å². The summed E-state index contributed by atoms with van der Waals surface area (Å²) in [4.78, 5) is 40.5. The molecule has 2 aromatic rings. The minimum absolute atomic E-state index is 0.454. The number of aliphatic hydroxyl groups excluding tert-OH is 1. The molecule has 3 N–H and O–H groups in total. The lowest BCUT2D eigenvalue weighted by molar-refractivity contribution is -0.140. The Morgan fingerprint density at radius 1 is 1.06 bits per heavy atom. The molecule has 2 aromatic carbocycles. The number of nitrogens with zero attached hydrogens (tertiary/aromatic N) is 2. The number of aliphatic hydroxyl groups is 1. The summed E-state index contributed by atoms with van der Waals surface area (Å²) in [5, 5.41) is 24.6. The van der Waals surface area contributed by atoms with Crippen LogP contribution in [0.25, 0.3) is 0 Å². The number of carbonyl (C=O) groups is 3. The predicted molar refractivity (Wildman–Crippen MR) is 136 cm³/mol. The zero-order chi connectivity index (χ0) is 27.0. The molecule has 0 aromatic heterocycles. The Morgan fingerprint density at radius 3 is 2.28 bits per heavy atom. The SMILES string of the molecule is Cc1ccc(C(C(=O)Nc2ccccc2C)N(CC#N)C(=O)C(CO)NC(=O)OC(C)(C)C)cc1C. The third-order valence-corrected chi connectivity index (χ3v) is 5.51. The van der Waals surface area contributed by atoms with Gasteiger partial charge in [-0.1, -0.05) is 36.4 Å². The summed E-state index contributed by atoms with van der Waals surface area (Å²) in [6, 6.07) is 11.8. The van der Waals surface area contributed by atoms with Gasteiger partial charge in [0.1, 0.15) is 24.2 Å². The van der Waals surface area contributed by atoms with Crippen molar-refractivity contribution in [2.45, 2.75) is 59.2 Å². The smallest absolute Gasteiger partial charge is 0.408 e. The number of benzene rings is 2. The molecule has 9 nitrogen and oxygen atoms in total. The first-order valence-corrected chi connectivity index (χ1v) is 11.6. The molecule has 0 bridgehead atoms. The van der Waals surface area contributed by atoms with E-state index >= 15 is 0 Å². The summed E-state index contributed by atoms with van der Waals surface area (Å²) in [7, 11) is 0. The maximum atomic E-state index is 13.6. The molecule has 2 rings (SSSR count). The van der Waals surface area contributed by atoms with E-state index in [4.69, 9.17) is 4.74 Å². The van der Waals surface area contributed by atoms with E-state index in [1.165, 1.54) is 0 Å². The van der Waals surface area contributed by atoms with Crippen molar-refractivity contribution >= 4 is 23.6 Å². The average molecular weight is 495 g/mol. The number of hydrogen-bond donors (Lipinski definition) is 3. The Kier molecular flexibility index (Phi) is 9.59. The van der Waals surface area contributed by atoms with Gasteiger partial charge in [-0.05, 0) is 69.9 Å². The number of ether oxygens (including phenoxy) is 1. The second-order valence-electron chi connectivity index (χ2n) is 9.56. The number of hydrogen-bond acceptors (Lipinski definition) is 6. The first kappa shape index (κ1) is 28.3. The molecule has 2 unspecified atom stereocenters. The fraction of sp³-hybridized carbons (Fsp3) is 0.407. The Labute approximate surface area is 212 Å². The van der Waals surface area contributed by atoms with Crippen molar-refractivity contribution in [1.29, 1.82) is 5.26 Å². The topological polar surface area (TPSA) is 132 Å². The Morgan fingerprint density at radius 2 is 1.72 bits per heavy atom. The quantitative estimate of drug-likeness (QED) is 0.481. The summed E-state index contributed by atoms with van der Waals surface area (Å²) in [6.07, 6.45) is -0.904. The third-order valence-electron chi connectivity index (χ3n) is 5.51. The molecule has 36 heavy (non-hydrogen) atoms. The largest absolute Gasteiger partial charge is 0.444 e. The number of alkyl carbamates (subject to hydrolysis) is 1. The van der Waals surface area contributed by atoms with Gasteiger partial charge in [0.05, 0.1) is 12.7 Å². The first-order valence-electron chi connectivity index (χ1n) is 11.6. The number of rotatable bonds is 8. The molecule has 0 heterocycles. The molecule has 3 amide bonds. The molecule has 0 aliphatic heterocycles. The van der Waals surface area contributed by atoms with Crippen LogP contribution in [0.15, 0.2) is 42.5 Å². The number of anilines is 1. The molecule has 0 spiro atoms. The lowest BCUT2D eigenvalue weighted by Gasteiger charge is -2.32. The molecule has 192 valence electrons. The van der Waals surface area contributed by atoms with Crippen LogP contribution >= 0.6 is 0 Å². The van der Waals surface area contributed by atoms with Crippen LogP contribution in [0.3, 0.4) is 0 Å². The Bertz CT molecular complexity index is 1150. The molecule has 0 aliphatic carbocycles. The highest BCUT2D eigenvalue weighted by Gasteiger charge is 2.36. The maximum Gasteiger partial charge on any atom is 0.408 e. The monoisotopic (exact) mass is 494 g/mol. The molecule has 2 atom stereocenters. The van der Waals surface area contributed by atoms with Gasteiger partial charge in [0, 0.05) is 5.69 Å². The normalized spacial score (nSPS) is 12.6. The van der Waals surface area contributed by atoms with Gasteiger partial charge in [-0.2, -0.15) is 5.26 Å². The van der Waals surface area contributed by atoms with Crippen molar-refractivity contribution in [2.75, 3.05) is 18.5 Å². The van der Waals surface area contributed by atoms with Crippen molar-refractivity contribution < 1.29 is 24.2 Å². The number of carbonyl (C=O) groups excluding carboxylic acids is 3. The van der Waals surface area contributed by atoms with E-state index < -0.39 is 48.7 Å². The van der Waals surface area contributed by atoms with E-state index in [1.54, 1.807) is 45.0 Å². The van der Waals surface area contributed by atoms with E-state index in [2.05, 4.69) is 10.6 Å². The fourth-order valence-corrected chi connectivity index (χ4v) is 3.53. The zero-order valence-corrected chi connectivity index (χ0v) is 21.6. The van der Waals surface area contributed by atoms with Crippen LogP contribution in [0.1, 0.15) is 49.1 Å². The van der Waals surface area contributed by atoms with Crippen LogP contribution in [0, 0.1) is 32.1 Å². The standard InChI is InChI=1S/C27H34N4O5/c1-17-11-12-20(15-19(17)3)23(24(33)29-21-10-8-7-9-18(21)2)31(14-13-28)25(34)22(16-32)30-26(35)36-27(4,5)6/h7-12,15,22-23,32H,14,16H2,1-6H3,(H,29,33)(H,30,35). The molecule has 0 saturated heterocycles. The second-order valence-corrected chi connectivity index (χ2v) is 9.56. The summed E-state index contributed by atoms with van der Waals surface area (Å²) < 4.78 is 5.20.